The molecular weight excluding hydrogens is 473 g/mol. The molecule has 9 heteroatoms. The Morgan fingerprint density at radius 1 is 1.14 bits per heavy atom. The fourth-order valence-corrected chi connectivity index (χ4v) is 5.03. The molecule has 2 aliphatic rings. The van der Waals surface area contributed by atoms with Crippen molar-refractivity contribution >= 4 is 22.8 Å². The van der Waals surface area contributed by atoms with E-state index < -0.39 is 12.2 Å². The van der Waals surface area contributed by atoms with Crippen molar-refractivity contribution in [1.29, 1.82) is 0 Å². The Bertz CT molecular complexity index is 1320. The number of amides is 2. The zero-order chi connectivity index (χ0) is 26.1. The van der Waals surface area contributed by atoms with E-state index in [2.05, 4.69) is 25.6 Å². The lowest BCUT2D eigenvalue weighted by Crippen LogP contribution is -2.50. The summed E-state index contributed by atoms with van der Waals surface area (Å²) in [6, 6.07) is 5.19. The lowest BCUT2D eigenvalue weighted by atomic mass is 9.89. The summed E-state index contributed by atoms with van der Waals surface area (Å²) in [6.45, 7) is 6.27. The van der Waals surface area contributed by atoms with Crippen LogP contribution in [0.4, 0.5) is 4.39 Å². The quantitative estimate of drug-likeness (QED) is 0.415. The van der Waals surface area contributed by atoms with Gasteiger partial charge in [-0.25, -0.2) is 14.4 Å². The molecule has 5 rings (SSSR count). The average molecular weight is 508 g/mol. The average Bonchev–Trinajstić information content (AvgIpc) is 3.64. The molecule has 37 heavy (non-hydrogen) atoms. The third-order valence-electron chi connectivity index (χ3n) is 7.34. The monoisotopic (exact) mass is 507 g/mol. The number of rotatable bonds is 8. The zero-order valence-electron chi connectivity index (χ0n) is 21.6. The number of fused-ring (bicyclic) bond motifs is 1. The van der Waals surface area contributed by atoms with Gasteiger partial charge in [-0.15, -0.1) is 0 Å². The molecule has 0 radical (unpaired) electrons. The number of carbonyl (C=O) groups is 2. The highest BCUT2D eigenvalue weighted by Crippen LogP contribution is 2.37. The molecule has 2 fully saturated rings. The number of H-pyrrole nitrogens is 1. The molecule has 0 bridgehead atoms. The van der Waals surface area contributed by atoms with E-state index in [1.807, 2.05) is 32.0 Å². The first-order valence-corrected chi connectivity index (χ1v) is 13.1. The Balaban J connectivity index is 1.39. The highest BCUT2D eigenvalue weighted by molar-refractivity contribution is 6.09. The Morgan fingerprint density at radius 3 is 2.68 bits per heavy atom. The van der Waals surface area contributed by atoms with Crippen LogP contribution in [-0.2, 0) is 4.79 Å². The van der Waals surface area contributed by atoms with Crippen LogP contribution in [0.5, 0.6) is 5.75 Å². The molecule has 1 aromatic carbocycles. The normalized spacial score (nSPS) is 21.6. The van der Waals surface area contributed by atoms with E-state index in [0.717, 1.165) is 16.9 Å². The van der Waals surface area contributed by atoms with Crippen molar-refractivity contribution in [3.63, 3.8) is 0 Å². The van der Waals surface area contributed by atoms with Crippen LogP contribution >= 0.6 is 0 Å². The SMILES string of the molecule is CCC(=O)N[C@@H]1CC[C@@H](NC(=O)c2c(C)[nH]c3c(-c4cc(C)ccc4OCC4CC4)ncnc23)[C@H](F)C1. The third-order valence-corrected chi connectivity index (χ3v) is 7.34. The van der Waals surface area contributed by atoms with Crippen LogP contribution in [0.15, 0.2) is 24.5 Å². The summed E-state index contributed by atoms with van der Waals surface area (Å²) in [5.74, 6) is 0.911. The van der Waals surface area contributed by atoms with Crippen molar-refractivity contribution < 1.29 is 18.7 Å². The summed E-state index contributed by atoms with van der Waals surface area (Å²) in [6.07, 6.45) is 4.23. The summed E-state index contributed by atoms with van der Waals surface area (Å²) in [5.41, 5.74) is 4.75. The standard InChI is InChI=1S/C28H34FN5O3/c1-4-23(35)33-18-8-9-21(20(29)12-18)34-28(36)24-16(3)32-27-25(30-14-31-26(24)27)19-11-15(2)5-10-22(19)37-13-17-6-7-17/h5,10-11,14,17-18,20-21,32H,4,6-9,12-13H2,1-3H3,(H,33,35)(H,34,36)/t18-,20-,21-/m1/s1. The molecule has 2 aliphatic carbocycles. The molecule has 0 saturated heterocycles. The molecule has 2 heterocycles. The first-order valence-electron chi connectivity index (χ1n) is 13.1. The van der Waals surface area contributed by atoms with Gasteiger partial charge in [-0.05, 0) is 57.6 Å². The molecule has 8 nitrogen and oxygen atoms in total. The van der Waals surface area contributed by atoms with Crippen molar-refractivity contribution in [2.24, 2.45) is 5.92 Å². The minimum Gasteiger partial charge on any atom is -0.493 e. The van der Waals surface area contributed by atoms with Gasteiger partial charge in [0.1, 0.15) is 29.5 Å². The summed E-state index contributed by atoms with van der Waals surface area (Å²) in [4.78, 5) is 37.3. The second kappa shape index (κ2) is 10.5. The molecular formula is C28H34FN5O3. The van der Waals surface area contributed by atoms with E-state index in [0.29, 0.717) is 59.8 Å². The maximum absolute atomic E-state index is 15.0. The molecule has 3 N–H and O–H groups in total. The van der Waals surface area contributed by atoms with E-state index in [4.69, 9.17) is 4.74 Å². The van der Waals surface area contributed by atoms with Crippen LogP contribution in [0.2, 0.25) is 0 Å². The number of halogens is 1. The van der Waals surface area contributed by atoms with Crippen LogP contribution in [0, 0.1) is 19.8 Å². The number of ether oxygens (including phenoxy) is 1. The highest BCUT2D eigenvalue weighted by atomic mass is 19.1. The van der Waals surface area contributed by atoms with Crippen molar-refractivity contribution in [2.45, 2.75) is 77.6 Å². The largest absolute Gasteiger partial charge is 0.493 e. The molecule has 2 aromatic heterocycles. The predicted molar refractivity (Wildman–Crippen MR) is 139 cm³/mol. The highest BCUT2D eigenvalue weighted by Gasteiger charge is 2.33. The predicted octanol–water partition coefficient (Wildman–Crippen LogP) is 4.55. The van der Waals surface area contributed by atoms with Crippen LogP contribution in [0.3, 0.4) is 0 Å². The van der Waals surface area contributed by atoms with Gasteiger partial charge in [0.05, 0.1) is 23.7 Å². The van der Waals surface area contributed by atoms with Gasteiger partial charge in [0.25, 0.3) is 5.91 Å². The Kier molecular flexibility index (Phi) is 7.13. The van der Waals surface area contributed by atoms with Crippen LogP contribution in [0.25, 0.3) is 22.3 Å². The van der Waals surface area contributed by atoms with Crippen molar-refractivity contribution in [3.8, 4) is 17.0 Å². The first-order chi connectivity index (χ1) is 17.8. The molecule has 0 aliphatic heterocycles. The van der Waals surface area contributed by atoms with Crippen LogP contribution < -0.4 is 15.4 Å². The first kappa shape index (κ1) is 25.2. The van der Waals surface area contributed by atoms with E-state index in [-0.39, 0.29) is 24.3 Å². The molecule has 0 spiro atoms. The zero-order valence-corrected chi connectivity index (χ0v) is 21.6. The summed E-state index contributed by atoms with van der Waals surface area (Å²) < 4.78 is 21.1. The van der Waals surface area contributed by atoms with Gasteiger partial charge in [0.2, 0.25) is 5.91 Å². The van der Waals surface area contributed by atoms with Gasteiger partial charge in [-0.2, -0.15) is 0 Å². The Hall–Kier alpha value is -3.49. The number of aromatic amines is 1. The number of hydrogen-bond acceptors (Lipinski definition) is 5. The number of aromatic nitrogens is 3. The number of carbonyl (C=O) groups excluding carboxylic acids is 2. The second-order valence-corrected chi connectivity index (χ2v) is 10.4. The molecule has 2 amide bonds. The van der Waals surface area contributed by atoms with Crippen molar-refractivity contribution in [2.75, 3.05) is 6.61 Å². The number of alkyl halides is 1. The van der Waals surface area contributed by atoms with E-state index in [1.165, 1.54) is 19.2 Å². The molecule has 3 aromatic rings. The lowest BCUT2D eigenvalue weighted by Gasteiger charge is -2.32. The van der Waals surface area contributed by atoms with Crippen molar-refractivity contribution in [3.05, 3.63) is 41.3 Å². The number of nitrogens with one attached hydrogen (secondary N) is 3. The van der Waals surface area contributed by atoms with Crippen molar-refractivity contribution in [1.82, 2.24) is 25.6 Å². The Labute approximate surface area is 215 Å². The maximum Gasteiger partial charge on any atom is 0.255 e. The van der Waals surface area contributed by atoms with Crippen LogP contribution in [-0.4, -0.2) is 51.6 Å². The second-order valence-electron chi connectivity index (χ2n) is 10.4. The van der Waals surface area contributed by atoms with E-state index >= 15 is 0 Å². The number of hydrogen-bond donors (Lipinski definition) is 3. The fourth-order valence-electron chi connectivity index (χ4n) is 5.03. The summed E-state index contributed by atoms with van der Waals surface area (Å²) >= 11 is 0. The fraction of sp³-hybridized carbons (Fsp3) is 0.500. The minimum atomic E-state index is -1.24. The third kappa shape index (κ3) is 5.45. The van der Waals surface area contributed by atoms with E-state index in [9.17, 15) is 14.0 Å². The maximum atomic E-state index is 15.0. The molecule has 0 unspecified atom stereocenters. The molecule has 2 saturated carbocycles. The van der Waals surface area contributed by atoms with E-state index in [1.54, 1.807) is 6.92 Å². The topological polar surface area (TPSA) is 109 Å². The van der Waals surface area contributed by atoms with Gasteiger partial charge in [0, 0.05) is 30.1 Å². The molecule has 196 valence electrons. The Morgan fingerprint density at radius 2 is 1.95 bits per heavy atom. The summed E-state index contributed by atoms with van der Waals surface area (Å²) in [7, 11) is 0. The van der Waals surface area contributed by atoms with Gasteiger partial charge in [-0.3, -0.25) is 9.59 Å². The van der Waals surface area contributed by atoms with Gasteiger partial charge in [-0.1, -0.05) is 18.6 Å². The minimum absolute atomic E-state index is 0.0840. The molecule has 3 atom stereocenters. The number of benzene rings is 1. The van der Waals surface area contributed by atoms with Gasteiger partial charge < -0.3 is 20.4 Å². The smallest absolute Gasteiger partial charge is 0.255 e. The number of aryl methyl sites for hydroxylation is 2. The lowest BCUT2D eigenvalue weighted by molar-refractivity contribution is -0.121. The summed E-state index contributed by atoms with van der Waals surface area (Å²) in [5, 5.41) is 5.74. The van der Waals surface area contributed by atoms with Gasteiger partial charge >= 0.3 is 0 Å². The van der Waals surface area contributed by atoms with Crippen LogP contribution in [0.1, 0.15) is 67.1 Å². The number of nitrogens with zero attached hydrogens (tertiary/aromatic N) is 2. The van der Waals surface area contributed by atoms with Gasteiger partial charge in [0.15, 0.2) is 0 Å².